The van der Waals surface area contributed by atoms with Crippen LogP contribution >= 0.6 is 0 Å². The van der Waals surface area contributed by atoms with Crippen molar-refractivity contribution >= 4 is 17.9 Å². The fraction of sp³-hybridized carbons (Fsp3) is 0.700. The molecule has 1 fully saturated rings. The molecule has 8 heteroatoms. The van der Waals surface area contributed by atoms with Gasteiger partial charge in [-0.05, 0) is 6.92 Å². The summed E-state index contributed by atoms with van der Waals surface area (Å²) in [5.74, 6) is -1.53. The van der Waals surface area contributed by atoms with E-state index >= 15 is 0 Å². The number of nitrogens with one attached hydrogen (secondary N) is 2. The summed E-state index contributed by atoms with van der Waals surface area (Å²) in [6, 6.07) is -0.493. The first-order chi connectivity index (χ1) is 8.33. The van der Waals surface area contributed by atoms with Gasteiger partial charge in [0.15, 0.2) is 5.60 Å². The number of hydrogen-bond acceptors (Lipinski definition) is 4. The number of carboxylic acids is 1. The second kappa shape index (κ2) is 5.67. The van der Waals surface area contributed by atoms with Crippen molar-refractivity contribution in [2.24, 2.45) is 0 Å². The minimum Gasteiger partial charge on any atom is -0.479 e. The molecule has 18 heavy (non-hydrogen) atoms. The number of aliphatic carboxylic acids is 1. The highest BCUT2D eigenvalue weighted by molar-refractivity contribution is 5.81. The third-order valence-corrected chi connectivity index (χ3v) is 2.64. The molecule has 0 bridgehead atoms. The summed E-state index contributed by atoms with van der Waals surface area (Å²) < 4.78 is 0. The van der Waals surface area contributed by atoms with E-state index in [1.54, 1.807) is 0 Å². The fourth-order valence-electron chi connectivity index (χ4n) is 1.41. The maximum Gasteiger partial charge on any atom is 0.337 e. The number of aliphatic hydroxyl groups is 1. The lowest BCUT2D eigenvalue weighted by Gasteiger charge is -2.23. The van der Waals surface area contributed by atoms with Crippen LogP contribution in [0.3, 0.4) is 0 Å². The SMILES string of the molecule is CC(O)(CNC(=O)N1CCNC(=O)CC1)C(=O)O. The number of amides is 3. The van der Waals surface area contributed by atoms with Crippen LogP contribution in [-0.4, -0.2) is 64.8 Å². The zero-order valence-electron chi connectivity index (χ0n) is 10.1. The van der Waals surface area contributed by atoms with E-state index in [0.717, 1.165) is 6.92 Å². The minimum atomic E-state index is -2.00. The Hall–Kier alpha value is -1.83. The highest BCUT2D eigenvalue weighted by Gasteiger charge is 2.31. The van der Waals surface area contributed by atoms with Crippen molar-refractivity contribution < 1.29 is 24.6 Å². The first-order valence-electron chi connectivity index (χ1n) is 5.58. The van der Waals surface area contributed by atoms with Crippen LogP contribution in [0, 0.1) is 0 Å². The van der Waals surface area contributed by atoms with Crippen LogP contribution < -0.4 is 10.6 Å². The molecule has 1 aliphatic heterocycles. The normalized spacial score (nSPS) is 19.4. The smallest absolute Gasteiger partial charge is 0.337 e. The lowest BCUT2D eigenvalue weighted by molar-refractivity contribution is -0.155. The topological polar surface area (TPSA) is 119 Å². The molecular formula is C10H17N3O5. The maximum atomic E-state index is 11.7. The lowest BCUT2D eigenvalue weighted by Crippen LogP contribution is -2.50. The molecule has 0 aliphatic carbocycles. The molecule has 0 saturated carbocycles. The predicted octanol–water partition coefficient (Wildman–Crippen LogP) is -1.65. The Bertz CT molecular complexity index is 355. The second-order valence-electron chi connectivity index (χ2n) is 4.32. The van der Waals surface area contributed by atoms with Crippen LogP contribution in [0.5, 0.6) is 0 Å². The van der Waals surface area contributed by atoms with Gasteiger partial charge in [0.05, 0.1) is 6.54 Å². The molecule has 0 radical (unpaired) electrons. The van der Waals surface area contributed by atoms with Gasteiger partial charge in [-0.1, -0.05) is 0 Å². The van der Waals surface area contributed by atoms with Gasteiger partial charge in [-0.25, -0.2) is 9.59 Å². The van der Waals surface area contributed by atoms with E-state index in [4.69, 9.17) is 5.11 Å². The summed E-state index contributed by atoms with van der Waals surface area (Å²) >= 11 is 0. The number of urea groups is 1. The number of carboxylic acid groups (broad SMARTS) is 1. The monoisotopic (exact) mass is 259 g/mol. The number of carbonyl (C=O) groups is 3. The number of carbonyl (C=O) groups excluding carboxylic acids is 2. The van der Waals surface area contributed by atoms with Crippen LogP contribution in [-0.2, 0) is 9.59 Å². The number of rotatable bonds is 3. The van der Waals surface area contributed by atoms with Gasteiger partial charge in [0.1, 0.15) is 0 Å². The summed E-state index contributed by atoms with van der Waals surface area (Å²) in [5, 5.41) is 23.1. The molecule has 1 rings (SSSR count). The first-order valence-corrected chi connectivity index (χ1v) is 5.58. The molecule has 1 heterocycles. The number of hydrogen-bond donors (Lipinski definition) is 4. The van der Waals surface area contributed by atoms with Gasteiger partial charge in [0.2, 0.25) is 5.91 Å². The summed E-state index contributed by atoms with van der Waals surface area (Å²) in [5.41, 5.74) is -2.00. The van der Waals surface area contributed by atoms with Crippen LogP contribution in [0.1, 0.15) is 13.3 Å². The van der Waals surface area contributed by atoms with Crippen molar-refractivity contribution in [1.29, 1.82) is 0 Å². The number of nitrogens with zero attached hydrogens (tertiary/aromatic N) is 1. The highest BCUT2D eigenvalue weighted by atomic mass is 16.4. The van der Waals surface area contributed by atoms with Gasteiger partial charge < -0.3 is 25.7 Å². The molecule has 0 aromatic carbocycles. The molecule has 3 amide bonds. The van der Waals surface area contributed by atoms with E-state index in [1.807, 2.05) is 0 Å². The fourth-order valence-corrected chi connectivity index (χ4v) is 1.41. The van der Waals surface area contributed by atoms with Gasteiger partial charge in [-0.3, -0.25) is 4.79 Å². The molecule has 8 nitrogen and oxygen atoms in total. The highest BCUT2D eigenvalue weighted by Crippen LogP contribution is 2.02. The predicted molar refractivity (Wildman–Crippen MR) is 60.9 cm³/mol. The summed E-state index contributed by atoms with van der Waals surface area (Å²) in [6.07, 6.45) is 0.211. The Morgan fingerprint density at radius 3 is 2.78 bits per heavy atom. The van der Waals surface area contributed by atoms with Gasteiger partial charge in [-0.2, -0.15) is 0 Å². The molecule has 1 atom stereocenters. The third-order valence-electron chi connectivity index (χ3n) is 2.64. The van der Waals surface area contributed by atoms with Crippen molar-refractivity contribution in [2.45, 2.75) is 18.9 Å². The Morgan fingerprint density at radius 1 is 1.50 bits per heavy atom. The first kappa shape index (κ1) is 14.2. The lowest BCUT2D eigenvalue weighted by atomic mass is 10.1. The molecule has 1 unspecified atom stereocenters. The molecule has 0 aromatic rings. The van der Waals surface area contributed by atoms with Gasteiger partial charge in [0.25, 0.3) is 0 Å². The van der Waals surface area contributed by atoms with Crippen LogP contribution in [0.15, 0.2) is 0 Å². The minimum absolute atomic E-state index is 0.122. The molecule has 1 aliphatic rings. The van der Waals surface area contributed by atoms with Crippen molar-refractivity contribution in [2.75, 3.05) is 26.2 Å². The average Bonchev–Trinajstić information content (AvgIpc) is 2.51. The van der Waals surface area contributed by atoms with Gasteiger partial charge in [0, 0.05) is 26.1 Å². The van der Waals surface area contributed by atoms with E-state index in [0.29, 0.717) is 13.1 Å². The third kappa shape index (κ3) is 3.88. The van der Waals surface area contributed by atoms with Crippen molar-refractivity contribution in [3.8, 4) is 0 Å². The van der Waals surface area contributed by atoms with E-state index in [-0.39, 0.29) is 25.4 Å². The van der Waals surface area contributed by atoms with Crippen molar-refractivity contribution in [3.05, 3.63) is 0 Å². The van der Waals surface area contributed by atoms with Crippen LogP contribution in [0.2, 0.25) is 0 Å². The van der Waals surface area contributed by atoms with Crippen LogP contribution in [0.4, 0.5) is 4.79 Å². The van der Waals surface area contributed by atoms with Gasteiger partial charge >= 0.3 is 12.0 Å². The Morgan fingerprint density at radius 2 is 2.17 bits per heavy atom. The van der Waals surface area contributed by atoms with E-state index in [2.05, 4.69) is 10.6 Å². The van der Waals surface area contributed by atoms with E-state index < -0.39 is 17.6 Å². The second-order valence-corrected chi connectivity index (χ2v) is 4.32. The van der Waals surface area contributed by atoms with Gasteiger partial charge in [-0.15, -0.1) is 0 Å². The molecule has 1 saturated heterocycles. The van der Waals surface area contributed by atoms with Crippen LogP contribution in [0.25, 0.3) is 0 Å². The molecule has 0 aromatic heterocycles. The van der Waals surface area contributed by atoms with Crippen molar-refractivity contribution in [1.82, 2.24) is 15.5 Å². The Labute approximate surface area is 104 Å². The molecule has 0 spiro atoms. The molecule has 4 N–H and O–H groups in total. The zero-order valence-corrected chi connectivity index (χ0v) is 10.1. The zero-order chi connectivity index (χ0) is 13.8. The largest absolute Gasteiger partial charge is 0.479 e. The average molecular weight is 259 g/mol. The van der Waals surface area contributed by atoms with E-state index in [1.165, 1.54) is 4.90 Å². The Balaban J connectivity index is 2.45. The van der Waals surface area contributed by atoms with Crippen molar-refractivity contribution in [3.63, 3.8) is 0 Å². The summed E-state index contributed by atoms with van der Waals surface area (Å²) in [6.45, 7) is 1.70. The molecule has 102 valence electrons. The maximum absolute atomic E-state index is 11.7. The standard InChI is InChI=1S/C10H17N3O5/c1-10(18,8(15)16)6-12-9(17)13-4-2-7(14)11-3-5-13/h18H,2-6H2,1H3,(H,11,14)(H,12,17)(H,15,16). The summed E-state index contributed by atoms with van der Waals surface area (Å²) in [7, 11) is 0. The quantitative estimate of drug-likeness (QED) is 0.484. The Kier molecular flexibility index (Phi) is 4.49. The summed E-state index contributed by atoms with van der Waals surface area (Å²) in [4.78, 5) is 34.8. The molecular weight excluding hydrogens is 242 g/mol. The van der Waals surface area contributed by atoms with E-state index in [9.17, 15) is 19.5 Å².